The van der Waals surface area contributed by atoms with Crippen LogP contribution in [-0.4, -0.2) is 45.6 Å². The van der Waals surface area contributed by atoms with Crippen LogP contribution in [0, 0.1) is 0 Å². The highest BCUT2D eigenvalue weighted by molar-refractivity contribution is 6.06. The minimum absolute atomic E-state index is 0.181. The van der Waals surface area contributed by atoms with E-state index in [-0.39, 0.29) is 23.7 Å². The lowest BCUT2D eigenvalue weighted by molar-refractivity contribution is 0.0527. The Morgan fingerprint density at radius 1 is 1.30 bits per heavy atom. The molecule has 2 aromatic heterocycles. The van der Waals surface area contributed by atoms with Gasteiger partial charge in [0.2, 0.25) is 0 Å². The quantitative estimate of drug-likeness (QED) is 0.645. The number of rotatable bonds is 6. The van der Waals surface area contributed by atoms with Crippen LogP contribution in [0.2, 0.25) is 0 Å². The van der Waals surface area contributed by atoms with Crippen molar-refractivity contribution in [3.8, 4) is 17.0 Å². The van der Waals surface area contributed by atoms with Gasteiger partial charge in [0, 0.05) is 12.6 Å². The number of aryl methyl sites for hydroxylation is 1. The summed E-state index contributed by atoms with van der Waals surface area (Å²) in [5.74, 6) is -0.0696. The van der Waals surface area contributed by atoms with Gasteiger partial charge in [0.15, 0.2) is 0 Å². The summed E-state index contributed by atoms with van der Waals surface area (Å²) >= 11 is 0. The first kappa shape index (κ1) is 18.2. The zero-order chi connectivity index (χ0) is 19.4. The molecule has 2 heterocycles. The maximum Gasteiger partial charge on any atom is 0.343 e. The first-order valence-electron chi connectivity index (χ1n) is 8.23. The van der Waals surface area contributed by atoms with Crippen molar-refractivity contribution in [1.82, 2.24) is 20.0 Å². The van der Waals surface area contributed by atoms with Crippen molar-refractivity contribution >= 4 is 17.7 Å². The van der Waals surface area contributed by atoms with Gasteiger partial charge in [-0.3, -0.25) is 14.6 Å². The van der Waals surface area contributed by atoms with Gasteiger partial charge in [0.25, 0.3) is 5.91 Å². The number of hydrogen-bond donors (Lipinski definition) is 2. The zero-order valence-corrected chi connectivity index (χ0v) is 15.1. The monoisotopic (exact) mass is 369 g/mol. The Labute approximate surface area is 155 Å². The van der Waals surface area contributed by atoms with E-state index in [1.165, 1.54) is 10.9 Å². The van der Waals surface area contributed by atoms with Gasteiger partial charge in [-0.1, -0.05) is 12.1 Å². The van der Waals surface area contributed by atoms with Crippen LogP contribution in [0.3, 0.4) is 0 Å². The van der Waals surface area contributed by atoms with Crippen LogP contribution in [0.25, 0.3) is 11.3 Å². The summed E-state index contributed by atoms with van der Waals surface area (Å²) in [7, 11) is 3.20. The molecule has 0 aliphatic carbocycles. The van der Waals surface area contributed by atoms with E-state index in [0.29, 0.717) is 11.4 Å². The molecule has 1 aromatic carbocycles. The van der Waals surface area contributed by atoms with Gasteiger partial charge in [-0.15, -0.1) is 0 Å². The maximum atomic E-state index is 12.6. The van der Waals surface area contributed by atoms with Gasteiger partial charge in [-0.2, -0.15) is 10.2 Å². The van der Waals surface area contributed by atoms with E-state index >= 15 is 0 Å². The number of aromatic amines is 1. The third-order valence-electron chi connectivity index (χ3n) is 3.85. The minimum atomic E-state index is -0.553. The topological polar surface area (TPSA) is 111 Å². The number of H-pyrrole nitrogens is 1. The highest BCUT2D eigenvalue weighted by Crippen LogP contribution is 2.23. The lowest BCUT2D eigenvalue weighted by Gasteiger charge is -2.07. The summed E-state index contributed by atoms with van der Waals surface area (Å²) in [5, 5.41) is 13.5. The molecule has 3 rings (SSSR count). The normalized spacial score (nSPS) is 10.5. The fraction of sp³-hybridized carbons (Fsp3) is 0.222. The molecule has 0 bridgehead atoms. The number of ether oxygens (including phenoxy) is 2. The predicted molar refractivity (Wildman–Crippen MR) is 97.7 cm³/mol. The number of methoxy groups -OCH3 is 1. The van der Waals surface area contributed by atoms with Crippen molar-refractivity contribution in [3.05, 3.63) is 47.8 Å². The van der Waals surface area contributed by atoms with E-state index in [1.807, 2.05) is 24.3 Å². The van der Waals surface area contributed by atoms with E-state index in [9.17, 15) is 9.59 Å². The molecule has 0 aliphatic rings. The number of carbonyl (C=O) groups excluding carboxylic acids is 2. The molecule has 1 amide bonds. The van der Waals surface area contributed by atoms with E-state index < -0.39 is 11.9 Å². The Kier molecular flexibility index (Phi) is 5.20. The minimum Gasteiger partial charge on any atom is -0.497 e. The second-order valence-corrected chi connectivity index (χ2v) is 5.60. The number of amides is 1. The number of carbonyl (C=O) groups is 2. The molecule has 0 saturated heterocycles. The van der Waals surface area contributed by atoms with Gasteiger partial charge in [-0.25, -0.2) is 4.79 Å². The fourth-order valence-corrected chi connectivity index (χ4v) is 2.49. The maximum absolute atomic E-state index is 12.6. The molecule has 0 atom stereocenters. The Balaban J connectivity index is 1.81. The summed E-state index contributed by atoms with van der Waals surface area (Å²) in [6.07, 6.45) is 1.35. The first-order valence-corrected chi connectivity index (χ1v) is 8.23. The largest absolute Gasteiger partial charge is 0.497 e. The Morgan fingerprint density at radius 3 is 2.85 bits per heavy atom. The number of esters is 1. The second kappa shape index (κ2) is 7.73. The van der Waals surface area contributed by atoms with E-state index in [2.05, 4.69) is 20.6 Å². The first-order chi connectivity index (χ1) is 13.0. The van der Waals surface area contributed by atoms with Crippen molar-refractivity contribution in [2.75, 3.05) is 19.0 Å². The molecule has 0 aliphatic heterocycles. The van der Waals surface area contributed by atoms with Crippen molar-refractivity contribution < 1.29 is 19.1 Å². The fourth-order valence-electron chi connectivity index (χ4n) is 2.49. The molecule has 9 heteroatoms. The van der Waals surface area contributed by atoms with Crippen molar-refractivity contribution in [3.63, 3.8) is 0 Å². The Morgan fingerprint density at radius 2 is 2.11 bits per heavy atom. The number of nitrogens with zero attached hydrogens (tertiary/aromatic N) is 3. The summed E-state index contributed by atoms with van der Waals surface area (Å²) in [6.45, 7) is 1.93. The highest BCUT2D eigenvalue weighted by atomic mass is 16.5. The Hall–Kier alpha value is -3.62. The van der Waals surface area contributed by atoms with Gasteiger partial charge < -0.3 is 14.8 Å². The number of aromatic nitrogens is 4. The lowest BCUT2D eigenvalue weighted by Crippen LogP contribution is -2.18. The van der Waals surface area contributed by atoms with E-state index in [4.69, 9.17) is 9.47 Å². The molecule has 0 radical (unpaired) electrons. The van der Waals surface area contributed by atoms with Crippen molar-refractivity contribution in [2.45, 2.75) is 6.92 Å². The molecule has 140 valence electrons. The molecule has 0 spiro atoms. The number of benzene rings is 1. The highest BCUT2D eigenvalue weighted by Gasteiger charge is 2.21. The second-order valence-electron chi connectivity index (χ2n) is 5.60. The summed E-state index contributed by atoms with van der Waals surface area (Å²) in [5.41, 5.74) is 1.82. The summed E-state index contributed by atoms with van der Waals surface area (Å²) < 4.78 is 11.6. The SMILES string of the molecule is CCOC(=O)c1cnn(C)c1NC(=O)c1cc(-c2cccc(OC)c2)n[nH]1. The van der Waals surface area contributed by atoms with Gasteiger partial charge in [0.05, 0.1) is 25.6 Å². The predicted octanol–water partition coefficient (Wildman–Crippen LogP) is 2.25. The molecular weight excluding hydrogens is 350 g/mol. The van der Waals surface area contributed by atoms with Gasteiger partial charge in [0.1, 0.15) is 22.8 Å². The van der Waals surface area contributed by atoms with E-state index in [1.54, 1.807) is 27.1 Å². The van der Waals surface area contributed by atoms with Crippen LogP contribution >= 0.6 is 0 Å². The standard InChI is InChI=1S/C18H19N5O4/c1-4-27-18(25)13-10-19-23(2)16(13)20-17(24)15-9-14(21-22-15)11-6-5-7-12(8-11)26-3/h5-10H,4H2,1-3H3,(H,20,24)(H,21,22). The smallest absolute Gasteiger partial charge is 0.343 e. The van der Waals surface area contributed by atoms with Crippen LogP contribution < -0.4 is 10.1 Å². The lowest BCUT2D eigenvalue weighted by atomic mass is 10.1. The molecular formula is C18H19N5O4. The molecule has 3 aromatic rings. The molecule has 0 unspecified atom stereocenters. The van der Waals surface area contributed by atoms with Crippen LogP contribution in [0.1, 0.15) is 27.8 Å². The van der Waals surface area contributed by atoms with E-state index in [0.717, 1.165) is 5.56 Å². The third-order valence-corrected chi connectivity index (χ3v) is 3.85. The summed E-state index contributed by atoms with van der Waals surface area (Å²) in [4.78, 5) is 24.6. The molecule has 9 nitrogen and oxygen atoms in total. The van der Waals surface area contributed by atoms with Crippen LogP contribution in [-0.2, 0) is 11.8 Å². The Bertz CT molecular complexity index is 976. The molecule has 2 N–H and O–H groups in total. The molecule has 0 fully saturated rings. The molecule has 0 saturated carbocycles. The van der Waals surface area contributed by atoms with Crippen molar-refractivity contribution in [2.24, 2.45) is 7.05 Å². The van der Waals surface area contributed by atoms with Crippen molar-refractivity contribution in [1.29, 1.82) is 0 Å². The average molecular weight is 369 g/mol. The van der Waals surface area contributed by atoms with Gasteiger partial charge >= 0.3 is 5.97 Å². The molecule has 27 heavy (non-hydrogen) atoms. The summed E-state index contributed by atoms with van der Waals surface area (Å²) in [6, 6.07) is 8.95. The van der Waals surface area contributed by atoms with Crippen LogP contribution in [0.4, 0.5) is 5.82 Å². The number of hydrogen-bond acceptors (Lipinski definition) is 6. The van der Waals surface area contributed by atoms with Crippen LogP contribution in [0.15, 0.2) is 36.5 Å². The van der Waals surface area contributed by atoms with Gasteiger partial charge in [-0.05, 0) is 25.1 Å². The average Bonchev–Trinajstić information content (AvgIpc) is 3.30. The number of anilines is 1. The van der Waals surface area contributed by atoms with Crippen LogP contribution in [0.5, 0.6) is 5.75 Å². The zero-order valence-electron chi connectivity index (χ0n) is 15.1. The third kappa shape index (κ3) is 3.81. The number of nitrogens with one attached hydrogen (secondary N) is 2.